The highest BCUT2D eigenvalue weighted by molar-refractivity contribution is 5.82. The molecule has 0 aromatic heterocycles. The second kappa shape index (κ2) is 5.58. The van der Waals surface area contributed by atoms with E-state index in [1.807, 2.05) is 25.1 Å². The molecule has 2 nitrogen and oxygen atoms in total. The highest BCUT2D eigenvalue weighted by Crippen LogP contribution is 2.39. The molecule has 1 aliphatic rings. The van der Waals surface area contributed by atoms with E-state index in [0.717, 1.165) is 18.7 Å². The fraction of sp³-hybridized carbons (Fsp3) is 0.333. The first-order chi connectivity index (χ1) is 9.77. The van der Waals surface area contributed by atoms with Crippen LogP contribution < -0.4 is 4.90 Å². The molecule has 0 spiro atoms. The first-order valence-corrected chi connectivity index (χ1v) is 7.40. The molecule has 20 heavy (non-hydrogen) atoms. The zero-order valence-electron chi connectivity index (χ0n) is 12.0. The van der Waals surface area contributed by atoms with Gasteiger partial charge in [0.05, 0.1) is 5.69 Å². The smallest absolute Gasteiger partial charge is 0.120 e. The third-order valence-electron chi connectivity index (χ3n) is 4.16. The number of anilines is 1. The first-order valence-electron chi connectivity index (χ1n) is 7.40. The Morgan fingerprint density at radius 2 is 1.60 bits per heavy atom. The lowest BCUT2D eigenvalue weighted by Gasteiger charge is -2.32. The molecule has 1 saturated heterocycles. The van der Waals surface area contributed by atoms with Crippen LogP contribution in [0.15, 0.2) is 42.5 Å². The normalized spacial score (nSPS) is 15.3. The molecule has 2 aromatic carbocycles. The monoisotopic (exact) mass is 267 g/mol. The van der Waals surface area contributed by atoms with Gasteiger partial charge in [-0.25, -0.2) is 0 Å². The van der Waals surface area contributed by atoms with Gasteiger partial charge in [0.25, 0.3) is 0 Å². The number of aromatic hydroxyl groups is 1. The quantitative estimate of drug-likeness (QED) is 0.874. The lowest BCUT2D eigenvalue weighted by Crippen LogP contribution is -2.30. The van der Waals surface area contributed by atoms with Gasteiger partial charge in [-0.15, -0.1) is 0 Å². The van der Waals surface area contributed by atoms with Crippen LogP contribution in [0, 0.1) is 6.92 Å². The van der Waals surface area contributed by atoms with Gasteiger partial charge < -0.3 is 10.0 Å². The Labute approximate surface area is 120 Å². The van der Waals surface area contributed by atoms with Gasteiger partial charge in [-0.3, -0.25) is 0 Å². The number of rotatable bonds is 2. The minimum Gasteiger partial charge on any atom is -0.508 e. The van der Waals surface area contributed by atoms with Gasteiger partial charge >= 0.3 is 0 Å². The van der Waals surface area contributed by atoms with Crippen LogP contribution >= 0.6 is 0 Å². The average Bonchev–Trinajstić information content (AvgIpc) is 2.51. The molecule has 0 aliphatic carbocycles. The number of phenolic OH excluding ortho intramolecular Hbond substituents is 1. The summed E-state index contributed by atoms with van der Waals surface area (Å²) < 4.78 is 0. The molecule has 1 aliphatic heterocycles. The maximum atomic E-state index is 10.1. The summed E-state index contributed by atoms with van der Waals surface area (Å²) in [6, 6.07) is 14.3. The van der Waals surface area contributed by atoms with Crippen LogP contribution in [0.25, 0.3) is 11.1 Å². The Hall–Kier alpha value is -1.96. The van der Waals surface area contributed by atoms with Gasteiger partial charge in [0.15, 0.2) is 0 Å². The first kappa shape index (κ1) is 13.0. The van der Waals surface area contributed by atoms with E-state index >= 15 is 0 Å². The zero-order chi connectivity index (χ0) is 13.9. The molecule has 1 N–H and O–H groups in total. The Balaban J connectivity index is 2.12. The van der Waals surface area contributed by atoms with Crippen molar-refractivity contribution in [2.45, 2.75) is 26.2 Å². The Bertz CT molecular complexity index is 586. The number of nitrogens with zero attached hydrogens (tertiary/aromatic N) is 1. The number of phenols is 1. The van der Waals surface area contributed by atoms with Gasteiger partial charge in [0.1, 0.15) is 5.75 Å². The van der Waals surface area contributed by atoms with E-state index < -0.39 is 0 Å². The second-order valence-corrected chi connectivity index (χ2v) is 5.52. The third-order valence-corrected chi connectivity index (χ3v) is 4.16. The molecule has 0 amide bonds. The Morgan fingerprint density at radius 3 is 2.30 bits per heavy atom. The largest absolute Gasteiger partial charge is 0.508 e. The molecule has 1 heterocycles. The van der Waals surface area contributed by atoms with E-state index in [4.69, 9.17) is 0 Å². The molecule has 0 saturated carbocycles. The molecule has 2 heteroatoms. The molecule has 0 atom stereocenters. The molecule has 0 unspecified atom stereocenters. The predicted octanol–water partition coefficient (Wildman–Crippen LogP) is 4.36. The van der Waals surface area contributed by atoms with E-state index in [9.17, 15) is 5.11 Å². The molecule has 0 radical (unpaired) electrons. The minimum absolute atomic E-state index is 0.394. The van der Waals surface area contributed by atoms with Crippen molar-refractivity contribution in [1.82, 2.24) is 0 Å². The molecule has 2 aromatic rings. The molecular weight excluding hydrogens is 246 g/mol. The Kier molecular flexibility index (Phi) is 3.64. The molecule has 0 bridgehead atoms. The lowest BCUT2D eigenvalue weighted by molar-refractivity contribution is 0.470. The van der Waals surface area contributed by atoms with Crippen LogP contribution in [0.2, 0.25) is 0 Å². The summed E-state index contributed by atoms with van der Waals surface area (Å²) in [6.07, 6.45) is 3.79. The number of piperidine rings is 1. The van der Waals surface area contributed by atoms with Crippen molar-refractivity contribution in [1.29, 1.82) is 0 Å². The fourth-order valence-electron chi connectivity index (χ4n) is 3.07. The van der Waals surface area contributed by atoms with E-state index in [1.54, 1.807) is 0 Å². The van der Waals surface area contributed by atoms with E-state index in [-0.39, 0.29) is 0 Å². The average molecular weight is 267 g/mol. The van der Waals surface area contributed by atoms with Crippen molar-refractivity contribution in [2.75, 3.05) is 18.0 Å². The Morgan fingerprint density at radius 1 is 0.900 bits per heavy atom. The molecule has 3 rings (SSSR count). The standard InChI is InChI=1S/C18H21NO/c1-14-17(20)11-10-16(15-8-4-2-5-9-15)18(14)19-12-6-3-7-13-19/h2,4-5,8-11,20H,3,6-7,12-13H2,1H3. The van der Waals surface area contributed by atoms with Crippen LogP contribution in [-0.2, 0) is 0 Å². The topological polar surface area (TPSA) is 23.5 Å². The van der Waals surface area contributed by atoms with Crippen molar-refractivity contribution in [3.63, 3.8) is 0 Å². The minimum atomic E-state index is 0.394. The summed E-state index contributed by atoms with van der Waals surface area (Å²) in [7, 11) is 0. The van der Waals surface area contributed by atoms with Crippen molar-refractivity contribution >= 4 is 5.69 Å². The van der Waals surface area contributed by atoms with Crippen LogP contribution in [-0.4, -0.2) is 18.2 Å². The van der Waals surface area contributed by atoms with Gasteiger partial charge in [-0.2, -0.15) is 0 Å². The number of hydrogen-bond acceptors (Lipinski definition) is 2. The van der Waals surface area contributed by atoms with Gasteiger partial charge in [0.2, 0.25) is 0 Å². The SMILES string of the molecule is Cc1c(O)ccc(-c2ccccc2)c1N1CCCCC1. The third kappa shape index (κ3) is 2.38. The lowest BCUT2D eigenvalue weighted by atomic mass is 9.97. The highest BCUT2D eigenvalue weighted by Gasteiger charge is 2.19. The second-order valence-electron chi connectivity index (χ2n) is 5.52. The summed E-state index contributed by atoms with van der Waals surface area (Å²) >= 11 is 0. The van der Waals surface area contributed by atoms with Crippen LogP contribution in [0.5, 0.6) is 5.75 Å². The van der Waals surface area contributed by atoms with Crippen LogP contribution in [0.3, 0.4) is 0 Å². The molecule has 104 valence electrons. The van der Waals surface area contributed by atoms with E-state index in [0.29, 0.717) is 5.75 Å². The highest BCUT2D eigenvalue weighted by atomic mass is 16.3. The number of hydrogen-bond donors (Lipinski definition) is 1. The summed E-state index contributed by atoms with van der Waals surface area (Å²) in [4.78, 5) is 2.43. The fourth-order valence-corrected chi connectivity index (χ4v) is 3.07. The van der Waals surface area contributed by atoms with Crippen LogP contribution in [0.1, 0.15) is 24.8 Å². The van der Waals surface area contributed by atoms with Crippen molar-refractivity contribution < 1.29 is 5.11 Å². The van der Waals surface area contributed by atoms with Gasteiger partial charge in [0, 0.05) is 24.2 Å². The van der Waals surface area contributed by atoms with Crippen molar-refractivity contribution in [2.24, 2.45) is 0 Å². The van der Waals surface area contributed by atoms with Crippen molar-refractivity contribution in [3.05, 3.63) is 48.0 Å². The summed E-state index contributed by atoms with van der Waals surface area (Å²) in [6.45, 7) is 4.19. The summed E-state index contributed by atoms with van der Waals surface area (Å²) in [5, 5.41) is 10.1. The zero-order valence-corrected chi connectivity index (χ0v) is 12.0. The molecule has 1 fully saturated rings. The molecular formula is C18H21NO. The predicted molar refractivity (Wildman–Crippen MR) is 84.3 cm³/mol. The maximum Gasteiger partial charge on any atom is 0.120 e. The van der Waals surface area contributed by atoms with E-state index in [2.05, 4.69) is 29.2 Å². The van der Waals surface area contributed by atoms with E-state index in [1.165, 1.54) is 36.1 Å². The maximum absolute atomic E-state index is 10.1. The van der Waals surface area contributed by atoms with Crippen molar-refractivity contribution in [3.8, 4) is 16.9 Å². The summed E-state index contributed by atoms with van der Waals surface area (Å²) in [5.41, 5.74) is 4.64. The van der Waals surface area contributed by atoms with Gasteiger partial charge in [-0.1, -0.05) is 30.3 Å². The summed E-state index contributed by atoms with van der Waals surface area (Å²) in [5.74, 6) is 0.394. The van der Waals surface area contributed by atoms with Crippen LogP contribution in [0.4, 0.5) is 5.69 Å². The van der Waals surface area contributed by atoms with Gasteiger partial charge in [-0.05, 0) is 43.9 Å². The number of benzene rings is 2.